The number of esters is 1. The van der Waals surface area contributed by atoms with E-state index >= 15 is 0 Å². The summed E-state index contributed by atoms with van der Waals surface area (Å²) in [5.74, 6) is 0.166. The number of carbonyl (C=O) groups is 2. The number of nitrogens with one attached hydrogen (secondary N) is 2. The molecule has 2 aromatic carbocycles. The summed E-state index contributed by atoms with van der Waals surface area (Å²) in [5.41, 5.74) is 2.16. The molecule has 0 radical (unpaired) electrons. The van der Waals surface area contributed by atoms with E-state index in [4.69, 9.17) is 4.74 Å². The van der Waals surface area contributed by atoms with E-state index in [1.165, 1.54) is 7.11 Å². The van der Waals surface area contributed by atoms with Crippen molar-refractivity contribution in [3.8, 4) is 0 Å². The van der Waals surface area contributed by atoms with Crippen LogP contribution < -0.4 is 10.6 Å². The van der Waals surface area contributed by atoms with E-state index in [2.05, 4.69) is 20.6 Å². The Labute approximate surface area is 169 Å². The van der Waals surface area contributed by atoms with Crippen LogP contribution in [0.25, 0.3) is 0 Å². The zero-order valence-corrected chi connectivity index (χ0v) is 16.5. The predicted molar refractivity (Wildman–Crippen MR) is 111 cm³/mol. The molecule has 7 nitrogen and oxygen atoms in total. The minimum Gasteiger partial charge on any atom is -0.465 e. The Morgan fingerprint density at radius 2 is 1.76 bits per heavy atom. The Bertz CT molecular complexity index is 1020. The first kappa shape index (κ1) is 20.0. The van der Waals surface area contributed by atoms with Crippen molar-refractivity contribution >= 4 is 23.4 Å². The van der Waals surface area contributed by atoms with Gasteiger partial charge in [0.1, 0.15) is 17.3 Å². The Morgan fingerprint density at radius 1 is 1.00 bits per heavy atom. The van der Waals surface area contributed by atoms with Crippen LogP contribution in [0.15, 0.2) is 60.7 Å². The molecule has 29 heavy (non-hydrogen) atoms. The van der Waals surface area contributed by atoms with Crippen LogP contribution in [0.3, 0.4) is 0 Å². The number of aryl methyl sites for hydroxylation is 1. The van der Waals surface area contributed by atoms with Crippen molar-refractivity contribution in [3.63, 3.8) is 0 Å². The maximum absolute atomic E-state index is 12.7. The lowest BCUT2D eigenvalue weighted by Gasteiger charge is -2.16. The van der Waals surface area contributed by atoms with E-state index in [0.29, 0.717) is 22.9 Å². The first-order chi connectivity index (χ1) is 14.0. The van der Waals surface area contributed by atoms with Gasteiger partial charge < -0.3 is 15.4 Å². The number of rotatable bonds is 6. The molecule has 0 saturated heterocycles. The zero-order chi connectivity index (χ0) is 20.8. The third-order valence-electron chi connectivity index (χ3n) is 4.28. The van der Waals surface area contributed by atoms with Crippen LogP contribution >= 0.6 is 0 Å². The van der Waals surface area contributed by atoms with Gasteiger partial charge in [-0.05, 0) is 37.6 Å². The van der Waals surface area contributed by atoms with Gasteiger partial charge in [0, 0.05) is 17.8 Å². The number of nitrogens with zero attached hydrogens (tertiary/aromatic N) is 2. The number of ether oxygens (including phenoxy) is 1. The van der Waals surface area contributed by atoms with Gasteiger partial charge in [0.05, 0.1) is 12.7 Å². The molecule has 0 saturated carbocycles. The first-order valence-electron chi connectivity index (χ1n) is 9.13. The Hall–Kier alpha value is -3.74. The molecule has 1 aromatic heterocycles. The summed E-state index contributed by atoms with van der Waals surface area (Å²) in [7, 11) is 1.31. The summed E-state index contributed by atoms with van der Waals surface area (Å²) in [6.07, 6.45) is 0. The number of benzene rings is 2. The summed E-state index contributed by atoms with van der Waals surface area (Å²) in [5, 5.41) is 6.05. The largest absolute Gasteiger partial charge is 0.465 e. The highest BCUT2D eigenvalue weighted by molar-refractivity contribution is 6.04. The molecule has 0 spiro atoms. The fourth-order valence-electron chi connectivity index (χ4n) is 2.84. The number of carbonyl (C=O) groups excluding carboxylic acids is 2. The fraction of sp³-hybridized carbons (Fsp3) is 0.182. The lowest BCUT2D eigenvalue weighted by molar-refractivity contribution is 0.0600. The van der Waals surface area contributed by atoms with Gasteiger partial charge in [0.25, 0.3) is 5.91 Å². The summed E-state index contributed by atoms with van der Waals surface area (Å²) in [6, 6.07) is 18.1. The number of hydrogen-bond acceptors (Lipinski definition) is 6. The average molecular weight is 390 g/mol. The highest BCUT2D eigenvalue weighted by atomic mass is 16.5. The third kappa shape index (κ3) is 5.16. The molecule has 148 valence electrons. The normalized spacial score (nSPS) is 11.4. The van der Waals surface area contributed by atoms with Crippen molar-refractivity contribution in [1.29, 1.82) is 0 Å². The number of methoxy groups -OCH3 is 1. The molecule has 0 bridgehead atoms. The van der Waals surface area contributed by atoms with Gasteiger partial charge in [0.2, 0.25) is 0 Å². The van der Waals surface area contributed by atoms with Crippen molar-refractivity contribution in [1.82, 2.24) is 9.97 Å². The maximum atomic E-state index is 12.7. The minimum absolute atomic E-state index is 0.0122. The van der Waals surface area contributed by atoms with Crippen LogP contribution in [0.1, 0.15) is 45.2 Å². The molecule has 0 aliphatic rings. The predicted octanol–water partition coefficient (Wildman–Crippen LogP) is 4.00. The molecular formula is C22H22N4O3. The van der Waals surface area contributed by atoms with Crippen molar-refractivity contribution in [2.75, 3.05) is 17.7 Å². The number of amides is 1. The van der Waals surface area contributed by atoms with Gasteiger partial charge in [-0.15, -0.1) is 0 Å². The topological polar surface area (TPSA) is 93.2 Å². The molecule has 3 rings (SSSR count). The van der Waals surface area contributed by atoms with Crippen molar-refractivity contribution in [2.24, 2.45) is 0 Å². The first-order valence-corrected chi connectivity index (χ1v) is 9.13. The highest BCUT2D eigenvalue weighted by Crippen LogP contribution is 2.19. The number of hydrogen-bond donors (Lipinski definition) is 2. The maximum Gasteiger partial charge on any atom is 0.337 e. The Kier molecular flexibility index (Phi) is 6.19. The van der Waals surface area contributed by atoms with Crippen LogP contribution in [0.4, 0.5) is 11.5 Å². The standard InChI is InChI=1S/C22H22N4O3/c1-14(16-8-5-4-6-9-16)23-20-13-19(24-15(2)25-20)21(27)26-18-11-7-10-17(12-18)22(28)29-3/h4-14H,1-3H3,(H,26,27)(H,23,24,25). The lowest BCUT2D eigenvalue weighted by atomic mass is 10.1. The van der Waals surface area contributed by atoms with E-state index in [9.17, 15) is 9.59 Å². The fourth-order valence-corrected chi connectivity index (χ4v) is 2.84. The Balaban J connectivity index is 1.77. The second-order valence-electron chi connectivity index (χ2n) is 6.49. The molecule has 1 heterocycles. The van der Waals surface area contributed by atoms with Gasteiger partial charge in [-0.1, -0.05) is 36.4 Å². The van der Waals surface area contributed by atoms with Crippen molar-refractivity contribution in [2.45, 2.75) is 19.9 Å². The zero-order valence-electron chi connectivity index (χ0n) is 16.5. The van der Waals surface area contributed by atoms with Gasteiger partial charge in [-0.3, -0.25) is 4.79 Å². The minimum atomic E-state index is -0.472. The smallest absolute Gasteiger partial charge is 0.337 e. The number of anilines is 2. The quantitative estimate of drug-likeness (QED) is 0.618. The SMILES string of the molecule is COC(=O)c1cccc(NC(=O)c2cc(NC(C)c3ccccc3)nc(C)n2)c1. The van der Waals surface area contributed by atoms with Crippen molar-refractivity contribution in [3.05, 3.63) is 83.3 Å². The molecule has 1 unspecified atom stereocenters. The van der Waals surface area contributed by atoms with E-state index < -0.39 is 11.9 Å². The van der Waals surface area contributed by atoms with Crippen LogP contribution in [-0.4, -0.2) is 29.0 Å². The average Bonchev–Trinajstić information content (AvgIpc) is 2.73. The van der Waals surface area contributed by atoms with Crippen LogP contribution in [0, 0.1) is 6.92 Å². The molecule has 0 aliphatic carbocycles. The summed E-state index contributed by atoms with van der Waals surface area (Å²) >= 11 is 0. The highest BCUT2D eigenvalue weighted by Gasteiger charge is 2.14. The Morgan fingerprint density at radius 3 is 2.48 bits per heavy atom. The second-order valence-corrected chi connectivity index (χ2v) is 6.49. The van der Waals surface area contributed by atoms with Gasteiger partial charge in [-0.25, -0.2) is 14.8 Å². The summed E-state index contributed by atoms with van der Waals surface area (Å²) in [4.78, 5) is 32.9. The molecule has 0 aliphatic heterocycles. The van der Waals surface area contributed by atoms with Crippen LogP contribution in [0.2, 0.25) is 0 Å². The molecule has 0 fully saturated rings. The molecule has 1 atom stereocenters. The number of aromatic nitrogens is 2. The molecule has 2 N–H and O–H groups in total. The van der Waals surface area contributed by atoms with Gasteiger partial charge in [-0.2, -0.15) is 0 Å². The van der Waals surface area contributed by atoms with E-state index in [0.717, 1.165) is 5.56 Å². The van der Waals surface area contributed by atoms with E-state index in [1.54, 1.807) is 37.3 Å². The van der Waals surface area contributed by atoms with Crippen LogP contribution in [0.5, 0.6) is 0 Å². The summed E-state index contributed by atoms with van der Waals surface area (Å²) < 4.78 is 4.71. The van der Waals surface area contributed by atoms with Crippen LogP contribution in [-0.2, 0) is 4.74 Å². The molecule has 3 aromatic rings. The molecular weight excluding hydrogens is 368 g/mol. The summed E-state index contributed by atoms with van der Waals surface area (Å²) in [6.45, 7) is 3.75. The molecule has 1 amide bonds. The van der Waals surface area contributed by atoms with Gasteiger partial charge in [0.15, 0.2) is 0 Å². The second kappa shape index (κ2) is 8.97. The third-order valence-corrected chi connectivity index (χ3v) is 4.28. The molecule has 7 heteroatoms. The lowest BCUT2D eigenvalue weighted by Crippen LogP contribution is -2.17. The van der Waals surface area contributed by atoms with E-state index in [1.807, 2.05) is 37.3 Å². The van der Waals surface area contributed by atoms with Crippen molar-refractivity contribution < 1.29 is 14.3 Å². The monoisotopic (exact) mass is 390 g/mol. The van der Waals surface area contributed by atoms with E-state index in [-0.39, 0.29) is 11.7 Å². The van der Waals surface area contributed by atoms with Gasteiger partial charge >= 0.3 is 5.97 Å².